The number of nitrogens with one attached hydrogen (secondary N) is 3. The van der Waals surface area contributed by atoms with Crippen LogP contribution < -0.4 is 16.0 Å². The molecule has 1 aliphatic rings. The molecular weight excluding hydrogens is 521 g/mol. The maximum Gasteiger partial charge on any atom is 0.415 e. The molecule has 0 saturated heterocycles. The minimum absolute atomic E-state index is 0.0336. The van der Waals surface area contributed by atoms with Crippen LogP contribution in [0.25, 0.3) is 0 Å². The maximum absolute atomic E-state index is 13.4. The van der Waals surface area contributed by atoms with Crippen molar-refractivity contribution in [3.05, 3.63) is 131 Å². The molecule has 1 unspecified atom stereocenters. The third-order valence-corrected chi connectivity index (χ3v) is 6.60. The van der Waals surface area contributed by atoms with Gasteiger partial charge >= 0.3 is 6.18 Å². The molecule has 1 fully saturated rings. The molecule has 3 aromatic carbocycles. The molecule has 1 atom stereocenters. The number of alkyl halides is 3. The van der Waals surface area contributed by atoms with Crippen LogP contribution in [0.1, 0.15) is 55.0 Å². The summed E-state index contributed by atoms with van der Waals surface area (Å²) in [7, 11) is 0. The molecule has 0 heterocycles. The van der Waals surface area contributed by atoms with Crippen molar-refractivity contribution in [2.75, 3.05) is 17.2 Å². The van der Waals surface area contributed by atoms with Gasteiger partial charge in [0.1, 0.15) is 0 Å². The van der Waals surface area contributed by atoms with Crippen LogP contribution in [0.2, 0.25) is 0 Å². The summed E-state index contributed by atoms with van der Waals surface area (Å²) in [6.07, 6.45) is -1.23. The number of anilines is 2. The van der Waals surface area contributed by atoms with Gasteiger partial charge < -0.3 is 16.0 Å². The first-order valence-electron chi connectivity index (χ1n) is 13.7. The van der Waals surface area contributed by atoms with Crippen molar-refractivity contribution in [3.63, 3.8) is 0 Å². The van der Waals surface area contributed by atoms with Gasteiger partial charge in [0.05, 0.1) is 34.6 Å². The second-order valence-electron chi connectivity index (χ2n) is 9.77. The summed E-state index contributed by atoms with van der Waals surface area (Å²) in [6.45, 7) is 14.2. The number of hydrogen-bond acceptors (Lipinski definition) is 4. The van der Waals surface area contributed by atoms with Crippen molar-refractivity contribution in [1.82, 2.24) is 5.32 Å². The number of aryl methyl sites for hydroxylation is 1. The number of nitrogens with zero attached hydrogens (tertiary/aromatic N) is 1. The molecule has 41 heavy (non-hydrogen) atoms. The molecule has 3 N–H and O–H groups in total. The monoisotopic (exact) mass is 558 g/mol. The lowest BCUT2D eigenvalue weighted by atomic mass is 9.94. The van der Waals surface area contributed by atoms with Crippen LogP contribution in [0.3, 0.4) is 0 Å². The Morgan fingerprint density at radius 2 is 1.63 bits per heavy atom. The number of allylic oxidation sites excluding steroid dienone is 2. The molecule has 0 amide bonds. The molecule has 1 aliphatic carbocycles. The predicted molar refractivity (Wildman–Crippen MR) is 162 cm³/mol. The Balaban J connectivity index is 0.00000226. The molecule has 0 aromatic heterocycles. The lowest BCUT2D eigenvalue weighted by molar-refractivity contribution is -0.0878. The van der Waals surface area contributed by atoms with Gasteiger partial charge in [0.15, 0.2) is 0 Å². The zero-order chi connectivity index (χ0) is 30.0. The topological polar surface area (TPSA) is 59.9 Å². The van der Waals surface area contributed by atoms with E-state index in [1.165, 1.54) is 24.0 Å². The van der Waals surface area contributed by atoms with Gasteiger partial charge in [-0.15, -0.1) is 0 Å². The summed E-state index contributed by atoms with van der Waals surface area (Å²) in [5, 5.41) is 19.0. The Kier molecular flexibility index (Phi) is 11.0. The van der Waals surface area contributed by atoms with Crippen LogP contribution in [0, 0.1) is 24.2 Å². The fourth-order valence-corrected chi connectivity index (χ4v) is 4.24. The maximum atomic E-state index is 13.4. The Labute approximate surface area is 241 Å². The summed E-state index contributed by atoms with van der Waals surface area (Å²) >= 11 is 0. The van der Waals surface area contributed by atoms with Crippen molar-refractivity contribution in [1.29, 1.82) is 5.26 Å². The van der Waals surface area contributed by atoms with E-state index in [2.05, 4.69) is 48.2 Å². The molecular formula is C34H37F3N4. The predicted octanol–water partition coefficient (Wildman–Crippen LogP) is 9.02. The van der Waals surface area contributed by atoms with Crippen molar-refractivity contribution >= 4 is 11.4 Å². The van der Waals surface area contributed by atoms with Gasteiger partial charge in [-0.05, 0) is 85.3 Å². The fourth-order valence-electron chi connectivity index (χ4n) is 4.24. The highest BCUT2D eigenvalue weighted by atomic mass is 19.4. The summed E-state index contributed by atoms with van der Waals surface area (Å²) in [4.78, 5) is 0. The van der Waals surface area contributed by atoms with E-state index in [4.69, 9.17) is 0 Å². The molecule has 4 rings (SSSR count). The van der Waals surface area contributed by atoms with Crippen LogP contribution in [-0.2, 0) is 0 Å². The average molecular weight is 559 g/mol. The van der Waals surface area contributed by atoms with Crippen molar-refractivity contribution in [2.24, 2.45) is 5.92 Å². The fraction of sp³-hybridized carbons (Fsp3) is 0.265. The molecule has 4 nitrogen and oxygen atoms in total. The summed E-state index contributed by atoms with van der Waals surface area (Å²) < 4.78 is 40.1. The summed E-state index contributed by atoms with van der Waals surface area (Å²) in [5.41, 5.74) is 4.17. The Bertz CT molecular complexity index is 1430. The second kappa shape index (κ2) is 14.4. The SMILES string of the molecule is C=C(Nc1cccc(C(NCC2CC2)c2ccccc2C)c1)/C(=C/C(=C)C(F)(F)F)Nc1cccc(C#N)c1.CC. The van der Waals surface area contributed by atoms with Crippen LogP contribution in [-0.4, -0.2) is 12.7 Å². The number of rotatable bonds is 11. The number of halogens is 3. The van der Waals surface area contributed by atoms with E-state index in [1.54, 1.807) is 24.3 Å². The van der Waals surface area contributed by atoms with E-state index in [9.17, 15) is 18.4 Å². The minimum Gasteiger partial charge on any atom is -0.354 e. The van der Waals surface area contributed by atoms with E-state index >= 15 is 0 Å². The van der Waals surface area contributed by atoms with Gasteiger partial charge in [-0.25, -0.2) is 0 Å². The van der Waals surface area contributed by atoms with Gasteiger partial charge in [-0.3, -0.25) is 0 Å². The van der Waals surface area contributed by atoms with Gasteiger partial charge in [-0.1, -0.05) is 69.5 Å². The van der Waals surface area contributed by atoms with Gasteiger partial charge in [0, 0.05) is 11.4 Å². The molecule has 3 aromatic rings. The highest BCUT2D eigenvalue weighted by Gasteiger charge is 2.31. The molecule has 7 heteroatoms. The first kappa shape index (κ1) is 31.3. The highest BCUT2D eigenvalue weighted by Crippen LogP contribution is 2.32. The second-order valence-corrected chi connectivity index (χ2v) is 9.77. The molecule has 214 valence electrons. The number of benzene rings is 3. The van der Waals surface area contributed by atoms with Crippen LogP contribution >= 0.6 is 0 Å². The van der Waals surface area contributed by atoms with E-state index in [0.29, 0.717) is 22.9 Å². The van der Waals surface area contributed by atoms with Crippen molar-refractivity contribution in [2.45, 2.75) is 45.8 Å². The lowest BCUT2D eigenvalue weighted by Crippen LogP contribution is -2.25. The first-order chi connectivity index (χ1) is 19.6. The normalized spacial score (nSPS) is 13.7. The molecule has 0 aliphatic heterocycles. The van der Waals surface area contributed by atoms with Gasteiger partial charge in [0.25, 0.3) is 0 Å². The Morgan fingerprint density at radius 3 is 2.27 bits per heavy atom. The average Bonchev–Trinajstić information content (AvgIpc) is 3.79. The smallest absolute Gasteiger partial charge is 0.354 e. The van der Waals surface area contributed by atoms with Gasteiger partial charge in [-0.2, -0.15) is 18.4 Å². The molecule has 0 spiro atoms. The summed E-state index contributed by atoms with van der Waals surface area (Å²) in [6, 6.07) is 24.5. The van der Waals surface area contributed by atoms with E-state index in [-0.39, 0.29) is 17.4 Å². The third kappa shape index (κ3) is 9.12. The van der Waals surface area contributed by atoms with Crippen LogP contribution in [0.4, 0.5) is 24.5 Å². The van der Waals surface area contributed by atoms with E-state index in [0.717, 1.165) is 18.2 Å². The Morgan fingerprint density at radius 1 is 0.976 bits per heavy atom. The van der Waals surface area contributed by atoms with E-state index < -0.39 is 11.7 Å². The molecule has 1 saturated carbocycles. The van der Waals surface area contributed by atoms with Crippen molar-refractivity contribution in [3.8, 4) is 6.07 Å². The minimum atomic E-state index is -4.60. The Hall–Kier alpha value is -4.28. The highest BCUT2D eigenvalue weighted by molar-refractivity contribution is 5.62. The van der Waals surface area contributed by atoms with Gasteiger partial charge in [0.2, 0.25) is 0 Å². The standard InChI is InChI=1S/C32H31F3N4.C2H6/c1-21-8-4-5-13-29(21)31(37-20-24-14-15-24)26-10-7-12-28(18-26)38-23(3)30(16-22(2)32(33,34)35)39-27-11-6-9-25(17-27)19-36;1-2/h4-13,16-18,24,31,37-39H,2-3,14-15,20H2,1H3;1-2H3/b30-16-;. The molecule has 0 bridgehead atoms. The third-order valence-electron chi connectivity index (χ3n) is 6.60. The molecule has 0 radical (unpaired) electrons. The number of hydrogen-bond donors (Lipinski definition) is 3. The van der Waals surface area contributed by atoms with Crippen LogP contribution in [0.15, 0.2) is 109 Å². The first-order valence-corrected chi connectivity index (χ1v) is 13.7. The number of nitriles is 1. The summed E-state index contributed by atoms with van der Waals surface area (Å²) in [5.74, 6) is 0.692. The quantitative estimate of drug-likeness (QED) is 0.206. The largest absolute Gasteiger partial charge is 0.415 e. The zero-order valence-corrected chi connectivity index (χ0v) is 23.8. The lowest BCUT2D eigenvalue weighted by Gasteiger charge is -2.23. The van der Waals surface area contributed by atoms with Crippen LogP contribution in [0.5, 0.6) is 0 Å². The zero-order valence-electron chi connectivity index (χ0n) is 23.8. The van der Waals surface area contributed by atoms with E-state index in [1.807, 2.05) is 56.3 Å². The van der Waals surface area contributed by atoms with Crippen molar-refractivity contribution < 1.29 is 13.2 Å².